The molecule has 0 radical (unpaired) electrons. The number of benzene rings is 2. The van der Waals surface area contributed by atoms with E-state index in [1.165, 1.54) is 5.56 Å². The Hall–Kier alpha value is -1.41. The Kier molecular flexibility index (Phi) is 5.48. The van der Waals surface area contributed by atoms with Crippen LogP contribution in [0.1, 0.15) is 44.0 Å². The van der Waals surface area contributed by atoms with E-state index in [2.05, 4.69) is 49.7 Å². The SMILES string of the molecule is CC(C)(C)N1CCCOP1(=O)[C@H](Cc1ccccc1)c1ccccc1. The fourth-order valence-electron chi connectivity index (χ4n) is 3.56. The van der Waals surface area contributed by atoms with Crippen molar-refractivity contribution in [1.29, 1.82) is 0 Å². The number of nitrogens with zero attached hydrogens (tertiary/aromatic N) is 1. The molecule has 2 atom stereocenters. The lowest BCUT2D eigenvalue weighted by Crippen LogP contribution is -2.44. The second kappa shape index (κ2) is 7.45. The van der Waals surface area contributed by atoms with E-state index < -0.39 is 7.52 Å². The predicted molar refractivity (Wildman–Crippen MR) is 104 cm³/mol. The minimum absolute atomic E-state index is 0.157. The van der Waals surface area contributed by atoms with Crippen LogP contribution in [0, 0.1) is 0 Å². The van der Waals surface area contributed by atoms with Crippen molar-refractivity contribution in [2.45, 2.75) is 44.8 Å². The molecule has 3 nitrogen and oxygen atoms in total. The van der Waals surface area contributed by atoms with Crippen molar-refractivity contribution < 1.29 is 9.09 Å². The fourth-order valence-corrected chi connectivity index (χ4v) is 6.86. The van der Waals surface area contributed by atoms with Crippen LogP contribution in [0.25, 0.3) is 0 Å². The van der Waals surface area contributed by atoms with Gasteiger partial charge in [0.1, 0.15) is 0 Å². The van der Waals surface area contributed by atoms with E-state index in [9.17, 15) is 4.57 Å². The average Bonchev–Trinajstić information content (AvgIpc) is 2.60. The molecule has 2 aromatic carbocycles. The van der Waals surface area contributed by atoms with Gasteiger partial charge in [-0.1, -0.05) is 60.7 Å². The maximum absolute atomic E-state index is 14.2. The van der Waals surface area contributed by atoms with Gasteiger partial charge in [-0.05, 0) is 44.7 Å². The standard InChI is InChI=1S/C21H28NO2P/c1-21(2,3)22-15-10-16-24-25(22,23)20(19-13-8-5-9-14-19)17-18-11-6-4-7-12-18/h4-9,11-14,20H,10,15-17H2,1-3H3/t20-,25?/m1/s1. The first kappa shape index (κ1) is 18.4. The van der Waals surface area contributed by atoms with Crippen molar-refractivity contribution in [3.05, 3.63) is 71.8 Å². The third-order valence-electron chi connectivity index (χ3n) is 4.75. The predicted octanol–water partition coefficient (Wildman–Crippen LogP) is 5.68. The molecule has 0 saturated carbocycles. The molecule has 1 aliphatic heterocycles. The van der Waals surface area contributed by atoms with Crippen molar-refractivity contribution in [2.75, 3.05) is 13.2 Å². The first-order chi connectivity index (χ1) is 11.9. The van der Waals surface area contributed by atoms with Gasteiger partial charge in [-0.2, -0.15) is 0 Å². The summed E-state index contributed by atoms with van der Waals surface area (Å²) in [6.45, 7) is 7.76. The summed E-state index contributed by atoms with van der Waals surface area (Å²) >= 11 is 0. The molecule has 1 unspecified atom stereocenters. The molecule has 134 valence electrons. The summed E-state index contributed by atoms with van der Waals surface area (Å²) in [6, 6.07) is 20.5. The van der Waals surface area contributed by atoms with E-state index in [0.29, 0.717) is 13.0 Å². The van der Waals surface area contributed by atoms with Crippen LogP contribution in [0.15, 0.2) is 60.7 Å². The summed E-state index contributed by atoms with van der Waals surface area (Å²) in [5.41, 5.74) is 1.93. The lowest BCUT2D eigenvalue weighted by atomic mass is 10.0. The van der Waals surface area contributed by atoms with Crippen molar-refractivity contribution in [3.63, 3.8) is 0 Å². The Bertz CT molecular complexity index is 725. The summed E-state index contributed by atoms with van der Waals surface area (Å²) < 4.78 is 22.4. The van der Waals surface area contributed by atoms with Gasteiger partial charge in [0.2, 0.25) is 0 Å². The van der Waals surface area contributed by atoms with Crippen LogP contribution in [0.3, 0.4) is 0 Å². The molecule has 0 aliphatic carbocycles. The van der Waals surface area contributed by atoms with Gasteiger partial charge < -0.3 is 4.52 Å². The van der Waals surface area contributed by atoms with Crippen LogP contribution >= 0.6 is 7.52 Å². The van der Waals surface area contributed by atoms with Crippen LogP contribution in [0.2, 0.25) is 0 Å². The van der Waals surface area contributed by atoms with Gasteiger partial charge in [-0.15, -0.1) is 0 Å². The molecule has 0 amide bonds. The van der Waals surface area contributed by atoms with E-state index in [0.717, 1.165) is 18.5 Å². The van der Waals surface area contributed by atoms with E-state index in [1.807, 2.05) is 36.4 Å². The Morgan fingerprint density at radius 3 is 2.24 bits per heavy atom. The minimum atomic E-state index is -3.01. The second-order valence-corrected chi connectivity index (χ2v) is 10.2. The summed E-state index contributed by atoms with van der Waals surface area (Å²) in [4.78, 5) is 0. The Labute approximate surface area is 151 Å². The van der Waals surface area contributed by atoms with Crippen LogP contribution in [-0.4, -0.2) is 23.4 Å². The van der Waals surface area contributed by atoms with Crippen LogP contribution < -0.4 is 0 Å². The summed E-state index contributed by atoms with van der Waals surface area (Å²) in [5, 5.41) is 0. The normalized spacial score (nSPS) is 23.3. The third-order valence-corrected chi connectivity index (χ3v) is 8.05. The Morgan fingerprint density at radius 1 is 1.04 bits per heavy atom. The zero-order valence-corrected chi connectivity index (χ0v) is 16.3. The van der Waals surface area contributed by atoms with E-state index in [1.54, 1.807) is 0 Å². The molecule has 25 heavy (non-hydrogen) atoms. The molecule has 1 saturated heterocycles. The smallest absolute Gasteiger partial charge is 0.280 e. The van der Waals surface area contributed by atoms with Crippen molar-refractivity contribution in [3.8, 4) is 0 Å². The molecule has 4 heteroatoms. The van der Waals surface area contributed by atoms with E-state index in [-0.39, 0.29) is 11.2 Å². The van der Waals surface area contributed by atoms with Crippen LogP contribution in [0.4, 0.5) is 0 Å². The summed E-state index contributed by atoms with van der Waals surface area (Å²) in [5.74, 6) is 0. The van der Waals surface area contributed by atoms with Gasteiger partial charge in [0.05, 0.1) is 12.3 Å². The zero-order chi connectivity index (χ0) is 17.9. The van der Waals surface area contributed by atoms with E-state index >= 15 is 0 Å². The lowest BCUT2D eigenvalue weighted by molar-refractivity contribution is 0.140. The largest absolute Gasteiger partial charge is 0.317 e. The molecular formula is C21H28NO2P. The molecule has 1 aliphatic rings. The van der Waals surface area contributed by atoms with Crippen molar-refractivity contribution in [1.82, 2.24) is 4.67 Å². The average molecular weight is 357 g/mol. The number of hydrogen-bond donors (Lipinski definition) is 0. The summed E-state index contributed by atoms with van der Waals surface area (Å²) in [6.07, 6.45) is 1.64. The molecule has 1 fully saturated rings. The zero-order valence-electron chi connectivity index (χ0n) is 15.4. The minimum Gasteiger partial charge on any atom is -0.317 e. The highest BCUT2D eigenvalue weighted by Gasteiger charge is 2.47. The maximum atomic E-state index is 14.2. The van der Waals surface area contributed by atoms with Gasteiger partial charge in [0, 0.05) is 12.1 Å². The topological polar surface area (TPSA) is 29.5 Å². The quantitative estimate of drug-likeness (QED) is 0.659. The monoisotopic (exact) mass is 357 g/mol. The second-order valence-electron chi connectivity index (χ2n) is 7.66. The first-order valence-electron chi connectivity index (χ1n) is 9.02. The highest BCUT2D eigenvalue weighted by molar-refractivity contribution is 7.57. The molecule has 0 N–H and O–H groups in total. The molecule has 0 bridgehead atoms. The fraction of sp³-hybridized carbons (Fsp3) is 0.429. The molecule has 1 heterocycles. The highest BCUT2D eigenvalue weighted by Crippen LogP contribution is 2.67. The van der Waals surface area contributed by atoms with Gasteiger partial charge in [0.15, 0.2) is 0 Å². The van der Waals surface area contributed by atoms with Gasteiger partial charge >= 0.3 is 0 Å². The third kappa shape index (κ3) is 4.06. The van der Waals surface area contributed by atoms with Gasteiger partial charge in [0.25, 0.3) is 7.52 Å². The van der Waals surface area contributed by atoms with Crippen LogP contribution in [0.5, 0.6) is 0 Å². The van der Waals surface area contributed by atoms with Crippen LogP contribution in [-0.2, 0) is 15.5 Å². The van der Waals surface area contributed by atoms with Crippen molar-refractivity contribution >= 4 is 7.52 Å². The number of rotatable bonds is 4. The molecule has 0 aromatic heterocycles. The molecular weight excluding hydrogens is 329 g/mol. The first-order valence-corrected chi connectivity index (χ1v) is 10.7. The molecule has 0 spiro atoms. The van der Waals surface area contributed by atoms with Gasteiger partial charge in [-0.3, -0.25) is 4.57 Å². The lowest BCUT2D eigenvalue weighted by Gasteiger charge is -2.46. The number of hydrogen-bond acceptors (Lipinski definition) is 2. The summed E-state index contributed by atoms with van der Waals surface area (Å²) in [7, 11) is -3.01. The van der Waals surface area contributed by atoms with Crippen molar-refractivity contribution in [2.24, 2.45) is 0 Å². The highest BCUT2D eigenvalue weighted by atomic mass is 31.2. The Morgan fingerprint density at radius 2 is 1.64 bits per heavy atom. The Balaban J connectivity index is 2.04. The van der Waals surface area contributed by atoms with Gasteiger partial charge in [-0.25, -0.2) is 4.67 Å². The molecule has 3 rings (SSSR count). The van der Waals surface area contributed by atoms with E-state index in [4.69, 9.17) is 4.52 Å². The molecule has 2 aromatic rings. The maximum Gasteiger partial charge on any atom is 0.280 e.